The van der Waals surface area contributed by atoms with Crippen molar-refractivity contribution >= 4 is 32.4 Å². The van der Waals surface area contributed by atoms with Crippen LogP contribution in [0.5, 0.6) is 5.75 Å². The number of amides is 1. The van der Waals surface area contributed by atoms with Gasteiger partial charge in [-0.1, -0.05) is 11.3 Å². The van der Waals surface area contributed by atoms with Crippen LogP contribution in [0.1, 0.15) is 22.3 Å². The largest absolute Gasteiger partial charge is 0.494 e. The summed E-state index contributed by atoms with van der Waals surface area (Å²) in [6.07, 6.45) is 0. The third-order valence-electron chi connectivity index (χ3n) is 3.06. The van der Waals surface area contributed by atoms with E-state index in [1.54, 1.807) is 33.2 Å². The van der Waals surface area contributed by atoms with Crippen LogP contribution in [0, 0.1) is 6.92 Å². The van der Waals surface area contributed by atoms with Gasteiger partial charge in [0, 0.05) is 14.1 Å². The Bertz CT molecular complexity index is 827. The fourth-order valence-electron chi connectivity index (χ4n) is 1.90. The zero-order valence-electron chi connectivity index (χ0n) is 13.9. The van der Waals surface area contributed by atoms with Crippen molar-refractivity contribution in [3.63, 3.8) is 0 Å². The number of nitrogens with one attached hydrogen (secondary N) is 1. The second-order valence-electron chi connectivity index (χ2n) is 5.14. The predicted octanol–water partition coefficient (Wildman–Crippen LogP) is 2.35. The van der Waals surface area contributed by atoms with Gasteiger partial charge in [-0.25, -0.2) is 13.4 Å². The number of ether oxygens (including phenoxy) is 1. The van der Waals surface area contributed by atoms with Crippen LogP contribution in [-0.2, 0) is 10.0 Å². The van der Waals surface area contributed by atoms with Gasteiger partial charge < -0.3 is 9.64 Å². The first-order valence-electron chi connectivity index (χ1n) is 7.19. The van der Waals surface area contributed by atoms with E-state index in [4.69, 9.17) is 4.74 Å². The topological polar surface area (TPSA) is 88.6 Å². The summed E-state index contributed by atoms with van der Waals surface area (Å²) in [6, 6.07) is 6.09. The van der Waals surface area contributed by atoms with Crippen LogP contribution in [0.4, 0.5) is 5.13 Å². The molecule has 0 spiro atoms. The van der Waals surface area contributed by atoms with Crippen LogP contribution in [0.25, 0.3) is 0 Å². The van der Waals surface area contributed by atoms with E-state index in [-0.39, 0.29) is 15.9 Å². The van der Waals surface area contributed by atoms with E-state index in [1.807, 2.05) is 6.92 Å². The minimum absolute atomic E-state index is 0.0966. The fourth-order valence-corrected chi connectivity index (χ4v) is 4.12. The molecular formula is C15H19N3O4S2. The highest BCUT2D eigenvalue weighted by molar-refractivity contribution is 7.93. The van der Waals surface area contributed by atoms with E-state index in [1.165, 1.54) is 17.0 Å². The number of thiazole rings is 1. The zero-order valence-corrected chi connectivity index (χ0v) is 15.5. The van der Waals surface area contributed by atoms with E-state index in [2.05, 4.69) is 9.71 Å². The van der Waals surface area contributed by atoms with Crippen molar-refractivity contribution in [2.24, 2.45) is 0 Å². The van der Waals surface area contributed by atoms with Crippen LogP contribution in [0.2, 0.25) is 0 Å². The molecule has 7 nitrogen and oxygen atoms in total. The maximum atomic E-state index is 12.4. The maximum absolute atomic E-state index is 12.4. The van der Waals surface area contributed by atoms with Crippen molar-refractivity contribution in [1.29, 1.82) is 0 Å². The SMILES string of the molecule is CCOc1ccc(S(=O)(=O)Nc2nc(C)c(C(=O)N(C)C)s2)cc1. The molecule has 0 radical (unpaired) electrons. The highest BCUT2D eigenvalue weighted by Crippen LogP contribution is 2.26. The lowest BCUT2D eigenvalue weighted by molar-refractivity contribution is 0.0831. The second kappa shape index (κ2) is 7.18. The molecule has 0 saturated heterocycles. The van der Waals surface area contributed by atoms with Crippen LogP contribution in [-0.4, -0.2) is 44.9 Å². The third kappa shape index (κ3) is 4.04. The van der Waals surface area contributed by atoms with Crippen molar-refractivity contribution in [3.05, 3.63) is 34.8 Å². The molecule has 0 aliphatic heterocycles. The normalized spacial score (nSPS) is 11.2. The fraction of sp³-hybridized carbons (Fsp3) is 0.333. The number of rotatable bonds is 6. The van der Waals surface area contributed by atoms with Crippen molar-refractivity contribution < 1.29 is 17.9 Å². The zero-order chi connectivity index (χ0) is 17.9. The summed E-state index contributed by atoms with van der Waals surface area (Å²) in [6.45, 7) is 4.02. The number of sulfonamides is 1. The van der Waals surface area contributed by atoms with Crippen LogP contribution < -0.4 is 9.46 Å². The van der Waals surface area contributed by atoms with Gasteiger partial charge in [-0.2, -0.15) is 0 Å². The van der Waals surface area contributed by atoms with Crippen LogP contribution >= 0.6 is 11.3 Å². The van der Waals surface area contributed by atoms with Crippen LogP contribution in [0.3, 0.4) is 0 Å². The molecule has 1 heterocycles. The number of benzene rings is 1. The molecule has 0 fully saturated rings. The van der Waals surface area contributed by atoms with Crippen molar-refractivity contribution in [1.82, 2.24) is 9.88 Å². The lowest BCUT2D eigenvalue weighted by Gasteiger charge is -2.08. The molecule has 1 amide bonds. The molecule has 0 saturated carbocycles. The molecular weight excluding hydrogens is 350 g/mol. The van der Waals surface area contributed by atoms with Crippen molar-refractivity contribution in [2.45, 2.75) is 18.7 Å². The Morgan fingerprint density at radius 2 is 1.92 bits per heavy atom. The van der Waals surface area contributed by atoms with Gasteiger partial charge in [0.2, 0.25) is 0 Å². The summed E-state index contributed by atoms with van der Waals surface area (Å²) in [7, 11) is -0.517. The number of aryl methyl sites for hydroxylation is 1. The van der Waals surface area contributed by atoms with Crippen molar-refractivity contribution in [3.8, 4) is 5.75 Å². The Labute approximate surface area is 145 Å². The first kappa shape index (κ1) is 18.2. The summed E-state index contributed by atoms with van der Waals surface area (Å²) in [4.78, 5) is 18.1. The molecule has 2 rings (SSSR count). The molecule has 0 unspecified atom stereocenters. The van der Waals surface area contributed by atoms with E-state index in [0.29, 0.717) is 22.9 Å². The molecule has 0 atom stereocenters. The standard InChI is InChI=1S/C15H19N3O4S2/c1-5-22-11-6-8-12(9-7-11)24(20,21)17-15-16-10(2)13(23-15)14(19)18(3)4/h6-9H,5H2,1-4H3,(H,16,17). The number of aromatic nitrogens is 1. The summed E-state index contributed by atoms with van der Waals surface area (Å²) in [5, 5.41) is 0.159. The van der Waals surface area contributed by atoms with Gasteiger partial charge >= 0.3 is 0 Å². The molecule has 2 aromatic rings. The summed E-state index contributed by atoms with van der Waals surface area (Å²) in [5.41, 5.74) is 0.489. The Kier molecular flexibility index (Phi) is 5.45. The molecule has 9 heteroatoms. The molecule has 0 bridgehead atoms. The van der Waals surface area contributed by atoms with Gasteiger partial charge in [0.25, 0.3) is 15.9 Å². The average Bonchev–Trinajstić information content (AvgIpc) is 2.87. The smallest absolute Gasteiger partial charge is 0.265 e. The van der Waals surface area contributed by atoms with Gasteiger partial charge in [-0.15, -0.1) is 0 Å². The maximum Gasteiger partial charge on any atom is 0.265 e. The van der Waals surface area contributed by atoms with Gasteiger partial charge in [0.15, 0.2) is 5.13 Å². The molecule has 0 aliphatic rings. The predicted molar refractivity (Wildman–Crippen MR) is 93.3 cm³/mol. The van der Waals surface area contributed by atoms with E-state index < -0.39 is 10.0 Å². The lowest BCUT2D eigenvalue weighted by Crippen LogP contribution is -2.21. The second-order valence-corrected chi connectivity index (χ2v) is 7.82. The quantitative estimate of drug-likeness (QED) is 0.844. The van der Waals surface area contributed by atoms with Gasteiger partial charge in [0.1, 0.15) is 10.6 Å². The highest BCUT2D eigenvalue weighted by Gasteiger charge is 2.21. The first-order chi connectivity index (χ1) is 11.2. The third-order valence-corrected chi connectivity index (χ3v) is 5.61. The van der Waals surface area contributed by atoms with Gasteiger partial charge in [0.05, 0.1) is 17.2 Å². The number of hydrogen-bond acceptors (Lipinski definition) is 6. The summed E-state index contributed by atoms with van der Waals surface area (Å²) >= 11 is 1.01. The van der Waals surface area contributed by atoms with E-state index in [9.17, 15) is 13.2 Å². The number of hydrogen-bond donors (Lipinski definition) is 1. The van der Waals surface area contributed by atoms with Crippen molar-refractivity contribution in [2.75, 3.05) is 25.4 Å². The minimum Gasteiger partial charge on any atom is -0.494 e. The summed E-state index contributed by atoms with van der Waals surface area (Å²) < 4.78 is 32.5. The molecule has 1 aromatic heterocycles. The molecule has 1 N–H and O–H groups in total. The Morgan fingerprint density at radius 3 is 2.46 bits per heavy atom. The monoisotopic (exact) mass is 369 g/mol. The number of nitrogens with zero attached hydrogens (tertiary/aromatic N) is 2. The minimum atomic E-state index is -3.78. The van der Waals surface area contributed by atoms with Gasteiger partial charge in [-0.05, 0) is 38.1 Å². The Balaban J connectivity index is 2.23. The first-order valence-corrected chi connectivity index (χ1v) is 9.49. The number of carbonyl (C=O) groups excluding carboxylic acids is 1. The molecule has 0 aliphatic carbocycles. The van der Waals surface area contributed by atoms with E-state index in [0.717, 1.165) is 11.3 Å². The number of anilines is 1. The molecule has 24 heavy (non-hydrogen) atoms. The Morgan fingerprint density at radius 1 is 1.29 bits per heavy atom. The highest BCUT2D eigenvalue weighted by atomic mass is 32.2. The molecule has 1 aromatic carbocycles. The number of carbonyl (C=O) groups is 1. The average molecular weight is 369 g/mol. The van der Waals surface area contributed by atoms with Crippen LogP contribution in [0.15, 0.2) is 29.2 Å². The van der Waals surface area contributed by atoms with E-state index >= 15 is 0 Å². The molecule has 130 valence electrons. The Hall–Kier alpha value is -2.13. The lowest BCUT2D eigenvalue weighted by atomic mass is 10.3. The summed E-state index contributed by atoms with van der Waals surface area (Å²) in [5.74, 6) is 0.386. The van der Waals surface area contributed by atoms with Gasteiger partial charge in [-0.3, -0.25) is 9.52 Å².